The lowest BCUT2D eigenvalue weighted by Crippen LogP contribution is -2.16. The predicted molar refractivity (Wildman–Crippen MR) is 71.5 cm³/mol. The topological polar surface area (TPSA) is 38.7 Å². The molecule has 0 amide bonds. The zero-order valence-corrected chi connectivity index (χ0v) is 11.5. The second-order valence-electron chi connectivity index (χ2n) is 4.73. The molecular formula is C14H19ClO3. The standard InChI is InChI=1S/C14H19ClO3/c1-3-4-9(2)14(16)10-7-12-13(8-11(10)15)18-6-5-17-12/h7-9,14,16H,3-6H2,1-2H3. The van der Waals surface area contributed by atoms with Crippen LogP contribution in [0.3, 0.4) is 0 Å². The molecule has 4 heteroatoms. The zero-order valence-electron chi connectivity index (χ0n) is 10.8. The van der Waals surface area contributed by atoms with E-state index in [0.29, 0.717) is 29.7 Å². The van der Waals surface area contributed by atoms with Gasteiger partial charge in [-0.3, -0.25) is 0 Å². The van der Waals surface area contributed by atoms with E-state index in [1.165, 1.54) is 0 Å². The molecule has 0 aromatic heterocycles. The number of benzene rings is 1. The van der Waals surface area contributed by atoms with Crippen molar-refractivity contribution in [2.24, 2.45) is 5.92 Å². The average Bonchev–Trinajstić information content (AvgIpc) is 2.37. The van der Waals surface area contributed by atoms with Crippen molar-refractivity contribution in [2.75, 3.05) is 13.2 Å². The zero-order chi connectivity index (χ0) is 13.1. The molecule has 2 unspecified atom stereocenters. The van der Waals surface area contributed by atoms with Crippen LogP contribution >= 0.6 is 11.6 Å². The van der Waals surface area contributed by atoms with Gasteiger partial charge in [-0.05, 0) is 18.4 Å². The van der Waals surface area contributed by atoms with Crippen molar-refractivity contribution in [3.8, 4) is 11.5 Å². The summed E-state index contributed by atoms with van der Waals surface area (Å²) in [7, 11) is 0. The van der Waals surface area contributed by atoms with Crippen LogP contribution in [0.15, 0.2) is 12.1 Å². The molecule has 2 atom stereocenters. The van der Waals surface area contributed by atoms with Crippen LogP contribution in [0.25, 0.3) is 0 Å². The number of halogens is 1. The Morgan fingerprint density at radius 1 is 1.28 bits per heavy atom. The predicted octanol–water partition coefficient (Wildman–Crippen LogP) is 3.58. The van der Waals surface area contributed by atoms with E-state index in [-0.39, 0.29) is 5.92 Å². The van der Waals surface area contributed by atoms with Crippen molar-refractivity contribution in [3.63, 3.8) is 0 Å². The van der Waals surface area contributed by atoms with Gasteiger partial charge < -0.3 is 14.6 Å². The Balaban J connectivity index is 2.27. The molecule has 1 N–H and O–H groups in total. The quantitative estimate of drug-likeness (QED) is 0.909. The van der Waals surface area contributed by atoms with Crippen molar-refractivity contribution in [2.45, 2.75) is 32.8 Å². The van der Waals surface area contributed by atoms with Gasteiger partial charge in [0.05, 0.1) is 11.1 Å². The summed E-state index contributed by atoms with van der Waals surface area (Å²) in [5.74, 6) is 1.50. The number of hydrogen-bond acceptors (Lipinski definition) is 3. The third-order valence-corrected chi connectivity index (χ3v) is 3.59. The average molecular weight is 271 g/mol. The summed E-state index contributed by atoms with van der Waals surface area (Å²) in [6.07, 6.45) is 1.44. The Labute approximate surface area is 113 Å². The van der Waals surface area contributed by atoms with Crippen LogP contribution in [0.1, 0.15) is 38.4 Å². The highest BCUT2D eigenvalue weighted by Crippen LogP contribution is 2.39. The Bertz CT molecular complexity index is 420. The van der Waals surface area contributed by atoms with E-state index in [4.69, 9.17) is 21.1 Å². The largest absolute Gasteiger partial charge is 0.486 e. The Morgan fingerprint density at radius 3 is 2.50 bits per heavy atom. The SMILES string of the molecule is CCCC(C)C(O)c1cc2c(cc1Cl)OCCO2. The van der Waals surface area contributed by atoms with Crippen molar-refractivity contribution < 1.29 is 14.6 Å². The van der Waals surface area contributed by atoms with Gasteiger partial charge in [0, 0.05) is 11.6 Å². The second kappa shape index (κ2) is 5.81. The maximum Gasteiger partial charge on any atom is 0.162 e. The fourth-order valence-electron chi connectivity index (χ4n) is 2.23. The van der Waals surface area contributed by atoms with Crippen LogP contribution < -0.4 is 9.47 Å². The molecule has 18 heavy (non-hydrogen) atoms. The van der Waals surface area contributed by atoms with Crippen molar-refractivity contribution >= 4 is 11.6 Å². The van der Waals surface area contributed by atoms with Crippen LogP contribution in [0.4, 0.5) is 0 Å². The lowest BCUT2D eigenvalue weighted by atomic mass is 9.93. The van der Waals surface area contributed by atoms with Crippen LogP contribution in [-0.4, -0.2) is 18.3 Å². The fraction of sp³-hybridized carbons (Fsp3) is 0.571. The summed E-state index contributed by atoms with van der Waals surface area (Å²) >= 11 is 6.20. The Hall–Kier alpha value is -0.930. The minimum absolute atomic E-state index is 0.176. The van der Waals surface area contributed by atoms with Gasteiger partial charge in [-0.15, -0.1) is 0 Å². The first-order valence-electron chi connectivity index (χ1n) is 6.40. The van der Waals surface area contributed by atoms with Gasteiger partial charge in [0.15, 0.2) is 11.5 Å². The van der Waals surface area contributed by atoms with E-state index in [9.17, 15) is 5.11 Å². The molecule has 1 aromatic rings. The van der Waals surface area contributed by atoms with Crippen LogP contribution in [0, 0.1) is 5.92 Å². The maximum absolute atomic E-state index is 10.3. The smallest absolute Gasteiger partial charge is 0.162 e. The number of fused-ring (bicyclic) bond motifs is 1. The molecule has 1 aliphatic rings. The summed E-state index contributed by atoms with van der Waals surface area (Å²) in [4.78, 5) is 0. The lowest BCUT2D eigenvalue weighted by molar-refractivity contribution is 0.111. The van der Waals surface area contributed by atoms with Gasteiger partial charge >= 0.3 is 0 Å². The minimum atomic E-state index is -0.562. The summed E-state index contributed by atoms with van der Waals surface area (Å²) in [6, 6.07) is 3.53. The van der Waals surface area contributed by atoms with Crippen molar-refractivity contribution in [3.05, 3.63) is 22.7 Å². The third-order valence-electron chi connectivity index (χ3n) is 3.26. The fourth-order valence-corrected chi connectivity index (χ4v) is 2.49. The molecule has 2 rings (SSSR count). The molecule has 0 spiro atoms. The van der Waals surface area contributed by atoms with Crippen LogP contribution in [0.5, 0.6) is 11.5 Å². The molecule has 0 fully saturated rings. The highest BCUT2D eigenvalue weighted by atomic mass is 35.5. The monoisotopic (exact) mass is 270 g/mol. The summed E-state index contributed by atoms with van der Waals surface area (Å²) < 4.78 is 11.0. The van der Waals surface area contributed by atoms with Crippen LogP contribution in [0.2, 0.25) is 5.02 Å². The molecule has 1 aliphatic heterocycles. The first kappa shape index (κ1) is 13.5. The number of ether oxygens (including phenoxy) is 2. The Kier molecular flexibility index (Phi) is 4.36. The normalized spacial score (nSPS) is 17.3. The van der Waals surface area contributed by atoms with Gasteiger partial charge in [-0.2, -0.15) is 0 Å². The van der Waals surface area contributed by atoms with E-state index in [0.717, 1.165) is 18.4 Å². The first-order chi connectivity index (χ1) is 8.63. The van der Waals surface area contributed by atoms with Gasteiger partial charge in [0.2, 0.25) is 0 Å². The number of aliphatic hydroxyl groups is 1. The molecular weight excluding hydrogens is 252 g/mol. The molecule has 0 radical (unpaired) electrons. The van der Waals surface area contributed by atoms with Crippen molar-refractivity contribution in [1.82, 2.24) is 0 Å². The summed E-state index contributed by atoms with van der Waals surface area (Å²) in [5.41, 5.74) is 0.724. The number of hydrogen-bond donors (Lipinski definition) is 1. The van der Waals surface area contributed by atoms with Crippen molar-refractivity contribution in [1.29, 1.82) is 0 Å². The Morgan fingerprint density at radius 2 is 1.89 bits per heavy atom. The summed E-state index contributed by atoms with van der Waals surface area (Å²) in [5, 5.41) is 10.9. The molecule has 1 heterocycles. The number of aliphatic hydroxyl groups excluding tert-OH is 1. The van der Waals surface area contributed by atoms with Gasteiger partial charge in [-0.1, -0.05) is 31.9 Å². The van der Waals surface area contributed by atoms with E-state index >= 15 is 0 Å². The van der Waals surface area contributed by atoms with Gasteiger partial charge in [-0.25, -0.2) is 0 Å². The van der Waals surface area contributed by atoms with E-state index < -0.39 is 6.10 Å². The van der Waals surface area contributed by atoms with Crippen LogP contribution in [-0.2, 0) is 0 Å². The first-order valence-corrected chi connectivity index (χ1v) is 6.78. The molecule has 3 nitrogen and oxygen atoms in total. The van der Waals surface area contributed by atoms with Gasteiger partial charge in [0.25, 0.3) is 0 Å². The molecule has 100 valence electrons. The molecule has 0 aliphatic carbocycles. The highest BCUT2D eigenvalue weighted by Gasteiger charge is 2.22. The van der Waals surface area contributed by atoms with E-state index in [1.54, 1.807) is 12.1 Å². The lowest BCUT2D eigenvalue weighted by Gasteiger charge is -2.24. The molecule has 0 saturated carbocycles. The molecule has 0 saturated heterocycles. The van der Waals surface area contributed by atoms with E-state index in [2.05, 4.69) is 6.92 Å². The molecule has 1 aromatic carbocycles. The molecule has 0 bridgehead atoms. The second-order valence-corrected chi connectivity index (χ2v) is 5.14. The van der Waals surface area contributed by atoms with E-state index in [1.807, 2.05) is 6.92 Å². The maximum atomic E-state index is 10.3. The highest BCUT2D eigenvalue weighted by molar-refractivity contribution is 6.31. The third kappa shape index (κ3) is 2.73. The number of rotatable bonds is 4. The minimum Gasteiger partial charge on any atom is -0.486 e. The van der Waals surface area contributed by atoms with Gasteiger partial charge in [0.1, 0.15) is 13.2 Å². The summed E-state index contributed by atoms with van der Waals surface area (Å²) in [6.45, 7) is 5.21.